The molecule has 0 aromatic carbocycles. The predicted octanol–water partition coefficient (Wildman–Crippen LogP) is 2.55. The fourth-order valence-electron chi connectivity index (χ4n) is 2.26. The van der Waals surface area contributed by atoms with Crippen molar-refractivity contribution >= 4 is 0 Å². The summed E-state index contributed by atoms with van der Waals surface area (Å²) >= 11 is 0. The minimum atomic E-state index is 0.619. The van der Waals surface area contributed by atoms with Crippen molar-refractivity contribution in [3.63, 3.8) is 0 Å². The van der Waals surface area contributed by atoms with Crippen LogP contribution in [-0.2, 0) is 0 Å². The van der Waals surface area contributed by atoms with E-state index in [4.69, 9.17) is 0 Å². The van der Waals surface area contributed by atoms with E-state index in [0.29, 0.717) is 6.04 Å². The zero-order valence-electron chi connectivity index (χ0n) is 9.03. The van der Waals surface area contributed by atoms with Gasteiger partial charge in [0.15, 0.2) is 0 Å². The van der Waals surface area contributed by atoms with Gasteiger partial charge in [0.25, 0.3) is 0 Å². The van der Waals surface area contributed by atoms with Gasteiger partial charge >= 0.3 is 0 Å². The van der Waals surface area contributed by atoms with E-state index in [9.17, 15) is 0 Å². The summed E-state index contributed by atoms with van der Waals surface area (Å²) in [4.78, 5) is 6.90. The molecule has 0 unspecified atom stereocenters. The van der Waals surface area contributed by atoms with Gasteiger partial charge in [0.1, 0.15) is 0 Å². The molecule has 1 aliphatic heterocycles. The Labute approximate surface area is 86.0 Å². The van der Waals surface area contributed by atoms with Crippen LogP contribution in [-0.4, -0.2) is 23.0 Å². The van der Waals surface area contributed by atoms with Crippen LogP contribution in [0.1, 0.15) is 37.1 Å². The lowest BCUT2D eigenvalue weighted by molar-refractivity contribution is 0.271. The van der Waals surface area contributed by atoms with Crippen molar-refractivity contribution in [2.45, 2.75) is 32.7 Å². The van der Waals surface area contributed by atoms with Crippen molar-refractivity contribution in [3.8, 4) is 0 Å². The first-order valence-electron chi connectivity index (χ1n) is 5.48. The van der Waals surface area contributed by atoms with Crippen molar-refractivity contribution in [2.24, 2.45) is 0 Å². The Morgan fingerprint density at radius 2 is 2.36 bits per heavy atom. The Balaban J connectivity index is 2.17. The SMILES string of the molecule is CCN1CCC[C@@H]1c1ccc(C)nc1. The lowest BCUT2D eigenvalue weighted by Gasteiger charge is -2.22. The van der Waals surface area contributed by atoms with E-state index in [1.807, 2.05) is 13.1 Å². The Hall–Kier alpha value is -0.890. The number of nitrogens with zero attached hydrogens (tertiary/aromatic N) is 2. The summed E-state index contributed by atoms with van der Waals surface area (Å²) in [5.74, 6) is 0. The molecule has 0 bridgehead atoms. The van der Waals surface area contributed by atoms with Crippen molar-refractivity contribution in [2.75, 3.05) is 13.1 Å². The highest BCUT2D eigenvalue weighted by molar-refractivity contribution is 5.18. The second-order valence-electron chi connectivity index (χ2n) is 4.02. The van der Waals surface area contributed by atoms with E-state index in [2.05, 4.69) is 28.9 Å². The summed E-state index contributed by atoms with van der Waals surface area (Å²) in [6.07, 6.45) is 4.65. The topological polar surface area (TPSA) is 16.1 Å². The highest BCUT2D eigenvalue weighted by Crippen LogP contribution is 2.30. The van der Waals surface area contributed by atoms with Gasteiger partial charge in [-0.15, -0.1) is 0 Å². The third kappa shape index (κ3) is 1.80. The van der Waals surface area contributed by atoms with Gasteiger partial charge in [0, 0.05) is 17.9 Å². The first-order chi connectivity index (χ1) is 6.81. The molecule has 14 heavy (non-hydrogen) atoms. The quantitative estimate of drug-likeness (QED) is 0.712. The molecule has 1 aliphatic rings. The molecule has 2 rings (SSSR count). The van der Waals surface area contributed by atoms with Crippen LogP contribution in [0.4, 0.5) is 0 Å². The van der Waals surface area contributed by atoms with Crippen LogP contribution in [0.15, 0.2) is 18.3 Å². The average Bonchev–Trinajstić information content (AvgIpc) is 2.67. The summed E-state index contributed by atoms with van der Waals surface area (Å²) in [6.45, 7) is 6.67. The highest BCUT2D eigenvalue weighted by atomic mass is 15.2. The van der Waals surface area contributed by atoms with E-state index >= 15 is 0 Å². The van der Waals surface area contributed by atoms with E-state index in [-0.39, 0.29) is 0 Å². The van der Waals surface area contributed by atoms with Gasteiger partial charge in [0.2, 0.25) is 0 Å². The van der Waals surface area contributed by atoms with E-state index < -0.39 is 0 Å². The number of likely N-dealkylation sites (tertiary alicyclic amines) is 1. The fourth-order valence-corrected chi connectivity index (χ4v) is 2.26. The Kier molecular flexibility index (Phi) is 2.82. The van der Waals surface area contributed by atoms with Gasteiger partial charge in [-0.1, -0.05) is 13.0 Å². The summed E-state index contributed by atoms with van der Waals surface area (Å²) in [5, 5.41) is 0. The first-order valence-corrected chi connectivity index (χ1v) is 5.48. The van der Waals surface area contributed by atoms with E-state index in [1.165, 1.54) is 24.9 Å². The fraction of sp³-hybridized carbons (Fsp3) is 0.583. The third-order valence-corrected chi connectivity index (χ3v) is 3.09. The molecule has 0 N–H and O–H groups in total. The average molecular weight is 190 g/mol. The van der Waals surface area contributed by atoms with Crippen molar-refractivity contribution < 1.29 is 0 Å². The molecular weight excluding hydrogens is 172 g/mol. The van der Waals surface area contributed by atoms with Crippen LogP contribution >= 0.6 is 0 Å². The van der Waals surface area contributed by atoms with E-state index in [1.54, 1.807) is 0 Å². The molecule has 1 aromatic heterocycles. The molecule has 2 heteroatoms. The lowest BCUT2D eigenvalue weighted by atomic mass is 10.1. The normalized spacial score (nSPS) is 22.9. The smallest absolute Gasteiger partial charge is 0.0372 e. The largest absolute Gasteiger partial charge is 0.297 e. The van der Waals surface area contributed by atoms with Crippen molar-refractivity contribution in [1.29, 1.82) is 0 Å². The summed E-state index contributed by atoms with van der Waals surface area (Å²) in [5.41, 5.74) is 2.49. The monoisotopic (exact) mass is 190 g/mol. The maximum absolute atomic E-state index is 4.37. The number of hydrogen-bond acceptors (Lipinski definition) is 2. The molecule has 0 spiro atoms. The lowest BCUT2D eigenvalue weighted by Crippen LogP contribution is -2.22. The molecule has 2 heterocycles. The van der Waals surface area contributed by atoms with Crippen LogP contribution in [0.2, 0.25) is 0 Å². The first kappa shape index (κ1) is 9.66. The van der Waals surface area contributed by atoms with Gasteiger partial charge in [-0.25, -0.2) is 0 Å². The summed E-state index contributed by atoms with van der Waals surface area (Å²) in [7, 11) is 0. The van der Waals surface area contributed by atoms with Crippen LogP contribution in [0.5, 0.6) is 0 Å². The molecule has 0 amide bonds. The zero-order valence-corrected chi connectivity index (χ0v) is 9.03. The number of aryl methyl sites for hydroxylation is 1. The number of hydrogen-bond donors (Lipinski definition) is 0. The second kappa shape index (κ2) is 4.09. The summed E-state index contributed by atoms with van der Waals surface area (Å²) in [6, 6.07) is 4.95. The zero-order chi connectivity index (χ0) is 9.97. The summed E-state index contributed by atoms with van der Waals surface area (Å²) < 4.78 is 0. The maximum Gasteiger partial charge on any atom is 0.0372 e. The third-order valence-electron chi connectivity index (χ3n) is 3.09. The highest BCUT2D eigenvalue weighted by Gasteiger charge is 2.24. The van der Waals surface area contributed by atoms with E-state index in [0.717, 1.165) is 12.2 Å². The molecule has 76 valence electrons. The van der Waals surface area contributed by atoms with Gasteiger partial charge in [-0.2, -0.15) is 0 Å². The standard InChI is InChI=1S/C12H18N2/c1-3-14-8-4-5-12(14)11-7-6-10(2)13-9-11/h6-7,9,12H,3-5,8H2,1-2H3/t12-/m1/s1. The number of rotatable bonds is 2. The molecule has 1 fully saturated rings. The predicted molar refractivity (Wildman–Crippen MR) is 58.2 cm³/mol. The van der Waals surface area contributed by atoms with Crippen LogP contribution in [0, 0.1) is 6.92 Å². The number of aromatic nitrogens is 1. The van der Waals surface area contributed by atoms with Crippen LogP contribution in [0.3, 0.4) is 0 Å². The molecule has 1 saturated heterocycles. The molecule has 0 saturated carbocycles. The second-order valence-corrected chi connectivity index (χ2v) is 4.02. The minimum Gasteiger partial charge on any atom is -0.297 e. The van der Waals surface area contributed by atoms with Crippen molar-refractivity contribution in [1.82, 2.24) is 9.88 Å². The molecule has 2 nitrogen and oxygen atoms in total. The Morgan fingerprint density at radius 3 is 3.00 bits per heavy atom. The molecule has 0 radical (unpaired) electrons. The molecule has 0 aliphatic carbocycles. The van der Waals surface area contributed by atoms with Gasteiger partial charge in [-0.3, -0.25) is 9.88 Å². The Bertz CT molecular complexity index is 292. The molecule has 1 aromatic rings. The van der Waals surface area contributed by atoms with Gasteiger partial charge in [-0.05, 0) is 44.5 Å². The van der Waals surface area contributed by atoms with Gasteiger partial charge in [0.05, 0.1) is 0 Å². The van der Waals surface area contributed by atoms with Gasteiger partial charge < -0.3 is 0 Å². The molecular formula is C12H18N2. The van der Waals surface area contributed by atoms with Crippen LogP contribution in [0.25, 0.3) is 0 Å². The van der Waals surface area contributed by atoms with Crippen molar-refractivity contribution in [3.05, 3.63) is 29.6 Å². The number of pyridine rings is 1. The van der Waals surface area contributed by atoms with Crippen LogP contribution < -0.4 is 0 Å². The molecule has 1 atom stereocenters. The Morgan fingerprint density at radius 1 is 1.50 bits per heavy atom. The minimum absolute atomic E-state index is 0.619. The maximum atomic E-state index is 4.37.